The first-order chi connectivity index (χ1) is 4.74. The Balaban J connectivity index is 2.33. The molecule has 1 fully saturated rings. The van der Waals surface area contributed by atoms with Gasteiger partial charge in [0.15, 0.2) is 0 Å². The first kappa shape index (κ1) is 7.98. The number of hydrogen-bond donors (Lipinski definition) is 2. The number of hydrogen-bond acceptors (Lipinski definition) is 3. The predicted molar refractivity (Wildman–Crippen MR) is 38.6 cm³/mol. The molecule has 10 heavy (non-hydrogen) atoms. The summed E-state index contributed by atoms with van der Waals surface area (Å²) < 4.78 is 5.09. The smallest absolute Gasteiger partial charge is 0.0715 e. The van der Waals surface area contributed by atoms with Gasteiger partial charge in [0.2, 0.25) is 0 Å². The lowest BCUT2D eigenvalue weighted by atomic mass is 9.91. The monoisotopic (exact) mass is 145 g/mol. The van der Waals surface area contributed by atoms with Crippen molar-refractivity contribution in [3.8, 4) is 0 Å². The van der Waals surface area contributed by atoms with Crippen molar-refractivity contribution < 1.29 is 9.84 Å². The van der Waals surface area contributed by atoms with E-state index in [9.17, 15) is 5.11 Å². The van der Waals surface area contributed by atoms with Crippen LogP contribution in [0.3, 0.4) is 0 Å². The van der Waals surface area contributed by atoms with Crippen LogP contribution in [0.4, 0.5) is 0 Å². The van der Waals surface area contributed by atoms with Crippen molar-refractivity contribution in [2.75, 3.05) is 7.11 Å². The van der Waals surface area contributed by atoms with Gasteiger partial charge in [0.25, 0.3) is 0 Å². The Kier molecular flexibility index (Phi) is 2.65. The van der Waals surface area contributed by atoms with Gasteiger partial charge in [0.1, 0.15) is 0 Å². The summed E-state index contributed by atoms with van der Waals surface area (Å²) >= 11 is 0. The van der Waals surface area contributed by atoms with Crippen molar-refractivity contribution in [2.24, 2.45) is 5.73 Å². The quantitative estimate of drug-likeness (QED) is 0.540. The molecule has 0 radical (unpaired) electrons. The van der Waals surface area contributed by atoms with Gasteiger partial charge < -0.3 is 15.6 Å². The maximum Gasteiger partial charge on any atom is 0.0715 e. The molecular formula is C7H15NO2. The predicted octanol–water partition coefficient (Wildman–Crippen LogP) is -0.126. The summed E-state index contributed by atoms with van der Waals surface area (Å²) in [5.74, 6) is 0. The Bertz CT molecular complexity index is 108. The summed E-state index contributed by atoms with van der Waals surface area (Å²) in [6.45, 7) is 0. The van der Waals surface area contributed by atoms with Crippen LogP contribution in [0.25, 0.3) is 0 Å². The van der Waals surface area contributed by atoms with Gasteiger partial charge in [0.05, 0.1) is 12.2 Å². The Morgan fingerprint density at radius 2 is 2.20 bits per heavy atom. The van der Waals surface area contributed by atoms with Crippen LogP contribution in [0, 0.1) is 0 Å². The van der Waals surface area contributed by atoms with E-state index in [0.717, 1.165) is 12.8 Å². The van der Waals surface area contributed by atoms with E-state index in [0.29, 0.717) is 6.42 Å². The van der Waals surface area contributed by atoms with Gasteiger partial charge in [0, 0.05) is 19.6 Å². The van der Waals surface area contributed by atoms with Gasteiger partial charge >= 0.3 is 0 Å². The molecule has 3 N–H and O–H groups in total. The van der Waals surface area contributed by atoms with Crippen molar-refractivity contribution >= 4 is 0 Å². The van der Waals surface area contributed by atoms with E-state index in [1.54, 1.807) is 7.11 Å². The molecule has 1 saturated carbocycles. The highest BCUT2D eigenvalue weighted by Crippen LogP contribution is 2.19. The molecule has 1 aliphatic rings. The lowest BCUT2D eigenvalue weighted by molar-refractivity contribution is 0.00136. The molecular weight excluding hydrogens is 130 g/mol. The molecule has 0 amide bonds. The van der Waals surface area contributed by atoms with Gasteiger partial charge in [-0.3, -0.25) is 0 Å². The summed E-state index contributed by atoms with van der Waals surface area (Å²) in [6.07, 6.45) is 2.40. The topological polar surface area (TPSA) is 55.5 Å². The molecule has 60 valence electrons. The molecule has 3 nitrogen and oxygen atoms in total. The Morgan fingerprint density at radius 3 is 2.70 bits per heavy atom. The molecule has 3 atom stereocenters. The van der Waals surface area contributed by atoms with E-state index in [1.807, 2.05) is 0 Å². The molecule has 3 heteroatoms. The lowest BCUT2D eigenvalue weighted by Gasteiger charge is -2.29. The van der Waals surface area contributed by atoms with Gasteiger partial charge in [-0.05, 0) is 12.8 Å². The molecule has 0 saturated heterocycles. The number of nitrogens with two attached hydrogens (primary N) is 1. The number of aliphatic hydroxyl groups is 1. The summed E-state index contributed by atoms with van der Waals surface area (Å²) in [6, 6.07) is -0.0357. The second kappa shape index (κ2) is 3.32. The fourth-order valence-corrected chi connectivity index (χ4v) is 1.35. The lowest BCUT2D eigenvalue weighted by Crippen LogP contribution is -2.42. The fraction of sp³-hybridized carbons (Fsp3) is 1.00. The molecule has 0 aliphatic heterocycles. The van der Waals surface area contributed by atoms with E-state index in [-0.39, 0.29) is 18.2 Å². The molecule has 3 unspecified atom stereocenters. The first-order valence-electron chi connectivity index (χ1n) is 3.70. The molecule has 0 aromatic heterocycles. The van der Waals surface area contributed by atoms with Gasteiger partial charge in [-0.25, -0.2) is 0 Å². The number of rotatable bonds is 1. The Labute approximate surface area is 61.2 Å². The van der Waals surface area contributed by atoms with Gasteiger partial charge in [-0.2, -0.15) is 0 Å². The van der Waals surface area contributed by atoms with E-state index >= 15 is 0 Å². The minimum Gasteiger partial charge on any atom is -0.391 e. The minimum absolute atomic E-state index is 0.0357. The van der Waals surface area contributed by atoms with E-state index < -0.39 is 0 Å². The average Bonchev–Trinajstić information content (AvgIpc) is 1.95. The van der Waals surface area contributed by atoms with Crippen LogP contribution < -0.4 is 5.73 Å². The molecule has 0 heterocycles. The van der Waals surface area contributed by atoms with Crippen molar-refractivity contribution in [3.63, 3.8) is 0 Å². The third-order valence-electron chi connectivity index (χ3n) is 2.15. The highest BCUT2D eigenvalue weighted by Gasteiger charge is 2.25. The molecule has 0 aromatic rings. The SMILES string of the molecule is COC1CCC(N)C(O)C1. The maximum atomic E-state index is 9.27. The largest absolute Gasteiger partial charge is 0.391 e. The van der Waals surface area contributed by atoms with Crippen molar-refractivity contribution in [3.05, 3.63) is 0 Å². The fourth-order valence-electron chi connectivity index (χ4n) is 1.35. The third-order valence-corrected chi connectivity index (χ3v) is 2.15. The Hall–Kier alpha value is -0.120. The van der Waals surface area contributed by atoms with Crippen LogP contribution in [0.2, 0.25) is 0 Å². The Morgan fingerprint density at radius 1 is 1.50 bits per heavy atom. The van der Waals surface area contributed by atoms with Crippen molar-refractivity contribution in [2.45, 2.75) is 37.5 Å². The van der Waals surface area contributed by atoms with E-state index in [1.165, 1.54) is 0 Å². The van der Waals surface area contributed by atoms with Crippen LogP contribution in [0.15, 0.2) is 0 Å². The van der Waals surface area contributed by atoms with Crippen molar-refractivity contribution in [1.82, 2.24) is 0 Å². The van der Waals surface area contributed by atoms with Gasteiger partial charge in [-0.1, -0.05) is 0 Å². The van der Waals surface area contributed by atoms with E-state index in [4.69, 9.17) is 10.5 Å². The van der Waals surface area contributed by atoms with Crippen LogP contribution in [0.1, 0.15) is 19.3 Å². The summed E-state index contributed by atoms with van der Waals surface area (Å²) in [7, 11) is 1.67. The minimum atomic E-state index is -0.362. The summed E-state index contributed by atoms with van der Waals surface area (Å²) in [4.78, 5) is 0. The van der Waals surface area contributed by atoms with Crippen LogP contribution >= 0.6 is 0 Å². The zero-order valence-electron chi connectivity index (χ0n) is 6.29. The first-order valence-corrected chi connectivity index (χ1v) is 3.70. The second-order valence-electron chi connectivity index (χ2n) is 2.90. The normalized spacial score (nSPS) is 41.7. The number of methoxy groups -OCH3 is 1. The average molecular weight is 145 g/mol. The molecule has 0 spiro atoms. The van der Waals surface area contributed by atoms with E-state index in [2.05, 4.69) is 0 Å². The molecule has 1 rings (SSSR count). The van der Waals surface area contributed by atoms with Gasteiger partial charge in [-0.15, -0.1) is 0 Å². The molecule has 0 aromatic carbocycles. The van der Waals surface area contributed by atoms with Crippen molar-refractivity contribution in [1.29, 1.82) is 0 Å². The third kappa shape index (κ3) is 1.68. The summed E-state index contributed by atoms with van der Waals surface area (Å²) in [5, 5.41) is 9.27. The zero-order chi connectivity index (χ0) is 7.56. The molecule has 1 aliphatic carbocycles. The second-order valence-corrected chi connectivity index (χ2v) is 2.90. The highest BCUT2D eigenvalue weighted by atomic mass is 16.5. The maximum absolute atomic E-state index is 9.27. The zero-order valence-corrected chi connectivity index (χ0v) is 6.29. The highest BCUT2D eigenvalue weighted by molar-refractivity contribution is 4.82. The van der Waals surface area contributed by atoms with Crippen LogP contribution in [-0.2, 0) is 4.74 Å². The van der Waals surface area contributed by atoms with Crippen LogP contribution in [-0.4, -0.2) is 30.5 Å². The standard InChI is InChI=1S/C7H15NO2/c1-10-5-2-3-6(8)7(9)4-5/h5-7,9H,2-4,8H2,1H3. The number of aliphatic hydroxyl groups excluding tert-OH is 1. The van der Waals surface area contributed by atoms with Crippen LogP contribution in [0.5, 0.6) is 0 Å². The molecule has 0 bridgehead atoms. The summed E-state index contributed by atoms with van der Waals surface area (Å²) in [5.41, 5.74) is 5.59. The number of ether oxygens (including phenoxy) is 1.